The summed E-state index contributed by atoms with van der Waals surface area (Å²) in [6.45, 7) is 0. The van der Waals surface area contributed by atoms with Gasteiger partial charge in [0.05, 0.1) is 5.75 Å². The number of benzene rings is 2. The van der Waals surface area contributed by atoms with Crippen molar-refractivity contribution in [3.8, 4) is 23.3 Å². The van der Waals surface area contributed by atoms with E-state index in [0.29, 0.717) is 5.75 Å². The third kappa shape index (κ3) is 3.47. The first-order valence-corrected chi connectivity index (χ1v) is 6.14. The quantitative estimate of drug-likeness (QED) is 0.490. The highest BCUT2D eigenvalue weighted by atomic mass is 32.1. The maximum absolute atomic E-state index is 5.67. The smallest absolute Gasteiger partial charge is 0.127 e. The van der Waals surface area contributed by atoms with Crippen molar-refractivity contribution in [3.05, 3.63) is 54.1 Å². The zero-order chi connectivity index (χ0) is 12.8. The molecule has 0 amide bonds. The molecule has 0 aliphatic heterocycles. The monoisotopic (exact) mass is 255 g/mol. The summed E-state index contributed by atoms with van der Waals surface area (Å²) in [5.74, 6) is 7.99. The minimum absolute atomic E-state index is 0.559. The number of hydrogen-bond acceptors (Lipinski definition) is 3. The number of thiol groups is 1. The molecule has 3 heteroatoms. The van der Waals surface area contributed by atoms with Crippen molar-refractivity contribution < 1.29 is 4.74 Å². The van der Waals surface area contributed by atoms with Crippen LogP contribution in [0.5, 0.6) is 11.5 Å². The van der Waals surface area contributed by atoms with Gasteiger partial charge in [-0.05, 0) is 48.5 Å². The largest absolute Gasteiger partial charge is 0.457 e. The summed E-state index contributed by atoms with van der Waals surface area (Å²) in [4.78, 5) is 0. The lowest BCUT2D eigenvalue weighted by molar-refractivity contribution is 0.483. The second-order valence-electron chi connectivity index (χ2n) is 3.66. The van der Waals surface area contributed by atoms with Crippen molar-refractivity contribution in [2.24, 2.45) is 0 Å². The van der Waals surface area contributed by atoms with Gasteiger partial charge in [-0.1, -0.05) is 11.8 Å². The summed E-state index contributed by atoms with van der Waals surface area (Å²) in [5, 5.41) is 0. The lowest BCUT2D eigenvalue weighted by Crippen LogP contribution is -1.86. The van der Waals surface area contributed by atoms with E-state index >= 15 is 0 Å². The van der Waals surface area contributed by atoms with E-state index in [-0.39, 0.29) is 0 Å². The Morgan fingerprint density at radius 3 is 2.06 bits per heavy atom. The molecule has 2 N–H and O–H groups in total. The average Bonchev–Trinajstić information content (AvgIpc) is 2.41. The van der Waals surface area contributed by atoms with Gasteiger partial charge in [0.15, 0.2) is 0 Å². The van der Waals surface area contributed by atoms with Crippen LogP contribution in [0.15, 0.2) is 48.5 Å². The number of ether oxygens (including phenoxy) is 1. The zero-order valence-electron chi connectivity index (χ0n) is 9.76. The van der Waals surface area contributed by atoms with Gasteiger partial charge in [-0.3, -0.25) is 0 Å². The highest BCUT2D eigenvalue weighted by molar-refractivity contribution is 7.80. The fourth-order valence-electron chi connectivity index (χ4n) is 1.42. The number of nitrogens with two attached hydrogens (primary N) is 1. The normalized spacial score (nSPS) is 9.39. The third-order valence-electron chi connectivity index (χ3n) is 2.28. The third-order valence-corrected chi connectivity index (χ3v) is 2.44. The second-order valence-corrected chi connectivity index (χ2v) is 3.97. The van der Waals surface area contributed by atoms with E-state index in [2.05, 4.69) is 24.5 Å². The molecule has 2 aromatic carbocycles. The summed E-state index contributed by atoms with van der Waals surface area (Å²) in [5.41, 5.74) is 7.28. The minimum Gasteiger partial charge on any atom is -0.457 e. The van der Waals surface area contributed by atoms with Crippen LogP contribution in [-0.2, 0) is 0 Å². The molecule has 0 unspecified atom stereocenters. The Morgan fingerprint density at radius 2 is 1.50 bits per heavy atom. The predicted molar refractivity (Wildman–Crippen MR) is 78.1 cm³/mol. The molecule has 0 saturated carbocycles. The Morgan fingerprint density at radius 1 is 0.944 bits per heavy atom. The van der Waals surface area contributed by atoms with E-state index in [9.17, 15) is 0 Å². The van der Waals surface area contributed by atoms with E-state index in [4.69, 9.17) is 10.5 Å². The van der Waals surface area contributed by atoms with Crippen LogP contribution in [0.4, 0.5) is 5.69 Å². The molecule has 0 aromatic heterocycles. The standard InChI is InChI=1S/C15H13NOS/c16-13-5-9-15(10-6-13)17-14-7-3-12(4-8-14)2-1-11-18/h3-10,18H,11,16H2. The van der Waals surface area contributed by atoms with E-state index in [1.807, 2.05) is 48.5 Å². The summed E-state index contributed by atoms with van der Waals surface area (Å²) in [6, 6.07) is 14.9. The van der Waals surface area contributed by atoms with E-state index < -0.39 is 0 Å². The number of hydrogen-bond donors (Lipinski definition) is 2. The van der Waals surface area contributed by atoms with Gasteiger partial charge in [-0.15, -0.1) is 0 Å². The van der Waals surface area contributed by atoms with Crippen LogP contribution in [0.1, 0.15) is 5.56 Å². The number of rotatable bonds is 2. The van der Waals surface area contributed by atoms with Crippen molar-refractivity contribution in [3.63, 3.8) is 0 Å². The van der Waals surface area contributed by atoms with Crippen LogP contribution in [0.3, 0.4) is 0 Å². The molecule has 0 radical (unpaired) electrons. The predicted octanol–water partition coefficient (Wildman–Crippen LogP) is 3.34. The molecular formula is C15H13NOS. The Balaban J connectivity index is 2.08. The molecule has 0 spiro atoms. The Bertz CT molecular complexity index is 564. The van der Waals surface area contributed by atoms with E-state index in [1.165, 1.54) is 0 Å². The summed E-state index contributed by atoms with van der Waals surface area (Å²) >= 11 is 4.04. The topological polar surface area (TPSA) is 35.2 Å². The molecule has 2 aromatic rings. The van der Waals surface area contributed by atoms with Crippen LogP contribution in [0, 0.1) is 11.8 Å². The van der Waals surface area contributed by atoms with Crippen LogP contribution >= 0.6 is 12.6 Å². The number of anilines is 1. The van der Waals surface area contributed by atoms with Crippen molar-refractivity contribution in [1.29, 1.82) is 0 Å². The molecule has 18 heavy (non-hydrogen) atoms. The minimum atomic E-state index is 0.559. The highest BCUT2D eigenvalue weighted by Gasteiger charge is 1.96. The van der Waals surface area contributed by atoms with Gasteiger partial charge in [0.1, 0.15) is 11.5 Å². The maximum Gasteiger partial charge on any atom is 0.127 e. The van der Waals surface area contributed by atoms with Crippen LogP contribution in [-0.4, -0.2) is 5.75 Å². The SMILES string of the molecule is Nc1ccc(Oc2ccc(C#CCS)cc2)cc1. The van der Waals surface area contributed by atoms with E-state index in [1.54, 1.807) is 0 Å². The van der Waals surface area contributed by atoms with Gasteiger partial charge in [0.25, 0.3) is 0 Å². The molecule has 0 aliphatic rings. The van der Waals surface area contributed by atoms with Gasteiger partial charge in [0.2, 0.25) is 0 Å². The van der Waals surface area contributed by atoms with E-state index in [0.717, 1.165) is 22.7 Å². The fourth-order valence-corrected chi connectivity index (χ4v) is 1.50. The molecule has 0 fully saturated rings. The molecule has 0 atom stereocenters. The van der Waals surface area contributed by atoms with Crippen molar-refractivity contribution >= 4 is 18.3 Å². The molecule has 0 saturated heterocycles. The lowest BCUT2D eigenvalue weighted by atomic mass is 10.2. The summed E-state index contributed by atoms with van der Waals surface area (Å²) in [6.07, 6.45) is 0. The number of nitrogen functional groups attached to an aromatic ring is 1. The average molecular weight is 255 g/mol. The van der Waals surface area contributed by atoms with Crippen molar-refractivity contribution in [2.75, 3.05) is 11.5 Å². The summed E-state index contributed by atoms with van der Waals surface area (Å²) in [7, 11) is 0. The Labute approximate surface area is 112 Å². The molecule has 0 bridgehead atoms. The van der Waals surface area contributed by atoms with Crippen LogP contribution < -0.4 is 10.5 Å². The fraction of sp³-hybridized carbons (Fsp3) is 0.0667. The summed E-state index contributed by atoms with van der Waals surface area (Å²) < 4.78 is 5.67. The lowest BCUT2D eigenvalue weighted by Gasteiger charge is -2.05. The van der Waals surface area contributed by atoms with Gasteiger partial charge in [0, 0.05) is 11.3 Å². The molecule has 0 aliphatic carbocycles. The molecular weight excluding hydrogens is 242 g/mol. The first-order valence-electron chi connectivity index (χ1n) is 5.51. The molecule has 2 rings (SSSR count). The van der Waals surface area contributed by atoms with Crippen molar-refractivity contribution in [1.82, 2.24) is 0 Å². The van der Waals surface area contributed by atoms with Gasteiger partial charge in [-0.25, -0.2) is 0 Å². The maximum atomic E-state index is 5.67. The zero-order valence-corrected chi connectivity index (χ0v) is 10.7. The van der Waals surface area contributed by atoms with Gasteiger partial charge >= 0.3 is 0 Å². The first-order chi connectivity index (χ1) is 8.78. The second kappa shape index (κ2) is 6.04. The highest BCUT2D eigenvalue weighted by Crippen LogP contribution is 2.22. The van der Waals surface area contributed by atoms with Crippen molar-refractivity contribution in [2.45, 2.75) is 0 Å². The molecule has 90 valence electrons. The molecule has 2 nitrogen and oxygen atoms in total. The Hall–Kier alpha value is -2.05. The van der Waals surface area contributed by atoms with Gasteiger partial charge in [-0.2, -0.15) is 12.6 Å². The Kier molecular flexibility index (Phi) is 4.16. The first kappa shape index (κ1) is 12.4. The van der Waals surface area contributed by atoms with Gasteiger partial charge < -0.3 is 10.5 Å². The van der Waals surface area contributed by atoms with Crippen LogP contribution in [0.2, 0.25) is 0 Å². The van der Waals surface area contributed by atoms with Crippen LogP contribution in [0.25, 0.3) is 0 Å². The molecule has 0 heterocycles.